The van der Waals surface area contributed by atoms with E-state index in [1.807, 2.05) is 17.9 Å². The number of nitrogens with zero attached hydrogens (tertiary/aromatic N) is 2. The van der Waals surface area contributed by atoms with Crippen molar-refractivity contribution in [3.63, 3.8) is 0 Å². The summed E-state index contributed by atoms with van der Waals surface area (Å²) in [5.74, 6) is 0. The fourth-order valence-corrected chi connectivity index (χ4v) is 2.11. The molecule has 18 heavy (non-hydrogen) atoms. The monoisotopic (exact) mass is 307 g/mol. The zero-order chi connectivity index (χ0) is 13.0. The largest absolute Gasteiger partial charge is 0.312 e. The number of benzene rings is 1. The van der Waals surface area contributed by atoms with Crippen LogP contribution >= 0.6 is 15.9 Å². The zero-order valence-electron chi connectivity index (χ0n) is 10.8. The molecular weight excluding hydrogens is 290 g/mol. The number of nitrogens with one attached hydrogen (secondary N) is 1. The van der Waals surface area contributed by atoms with E-state index < -0.39 is 0 Å². The smallest absolute Gasteiger partial charge is 0.0637 e. The van der Waals surface area contributed by atoms with Gasteiger partial charge in [0.1, 0.15) is 0 Å². The zero-order valence-corrected chi connectivity index (χ0v) is 12.4. The third kappa shape index (κ3) is 3.68. The Kier molecular flexibility index (Phi) is 4.55. The Morgan fingerprint density at radius 1 is 1.33 bits per heavy atom. The van der Waals surface area contributed by atoms with E-state index in [1.54, 1.807) is 0 Å². The van der Waals surface area contributed by atoms with Crippen molar-refractivity contribution in [1.29, 1.82) is 0 Å². The minimum atomic E-state index is 0.904. The minimum absolute atomic E-state index is 0.904. The lowest BCUT2D eigenvalue weighted by atomic mass is 10.1. The SMILES string of the molecule is Cc1cc(CNCCc2ccn(C)n2)ccc1Br. The normalized spacial score (nSPS) is 10.8. The van der Waals surface area contributed by atoms with Crippen molar-refractivity contribution in [1.82, 2.24) is 15.1 Å². The van der Waals surface area contributed by atoms with Gasteiger partial charge in [-0.1, -0.05) is 28.1 Å². The van der Waals surface area contributed by atoms with Crippen LogP contribution in [0.2, 0.25) is 0 Å². The first kappa shape index (κ1) is 13.3. The molecule has 0 aliphatic heterocycles. The molecule has 0 bridgehead atoms. The van der Waals surface area contributed by atoms with Crippen molar-refractivity contribution in [3.05, 3.63) is 51.8 Å². The van der Waals surface area contributed by atoms with Crippen LogP contribution in [0.5, 0.6) is 0 Å². The Hall–Kier alpha value is -1.13. The molecule has 4 heteroatoms. The molecule has 1 aromatic heterocycles. The van der Waals surface area contributed by atoms with Gasteiger partial charge in [0.05, 0.1) is 5.69 Å². The van der Waals surface area contributed by atoms with Gasteiger partial charge in [-0.15, -0.1) is 0 Å². The number of rotatable bonds is 5. The van der Waals surface area contributed by atoms with Crippen molar-refractivity contribution in [2.24, 2.45) is 7.05 Å². The molecular formula is C14H18BrN3. The van der Waals surface area contributed by atoms with Gasteiger partial charge in [0.15, 0.2) is 0 Å². The summed E-state index contributed by atoms with van der Waals surface area (Å²) < 4.78 is 3.01. The predicted molar refractivity (Wildman–Crippen MR) is 77.5 cm³/mol. The Balaban J connectivity index is 1.76. The Morgan fingerprint density at radius 2 is 2.17 bits per heavy atom. The van der Waals surface area contributed by atoms with E-state index in [4.69, 9.17) is 0 Å². The van der Waals surface area contributed by atoms with Crippen LogP contribution < -0.4 is 5.32 Å². The summed E-state index contributed by atoms with van der Waals surface area (Å²) in [7, 11) is 1.95. The predicted octanol–water partition coefficient (Wildman–Crippen LogP) is 2.82. The standard InChI is InChI=1S/C14H18BrN3/c1-11-9-12(3-4-14(11)15)10-16-7-5-13-6-8-18(2)17-13/h3-4,6,8-9,16H,5,7,10H2,1-2H3. The van der Waals surface area contributed by atoms with Crippen LogP contribution in [-0.4, -0.2) is 16.3 Å². The summed E-state index contributed by atoms with van der Waals surface area (Å²) in [6.07, 6.45) is 2.95. The Bertz CT molecular complexity index is 520. The van der Waals surface area contributed by atoms with Gasteiger partial charge in [-0.05, 0) is 30.2 Å². The topological polar surface area (TPSA) is 29.9 Å². The summed E-state index contributed by atoms with van der Waals surface area (Å²) in [6, 6.07) is 8.51. The van der Waals surface area contributed by atoms with Gasteiger partial charge < -0.3 is 5.32 Å². The first-order valence-corrected chi connectivity index (χ1v) is 6.89. The molecule has 96 valence electrons. The minimum Gasteiger partial charge on any atom is -0.312 e. The summed E-state index contributed by atoms with van der Waals surface area (Å²) in [4.78, 5) is 0. The lowest BCUT2D eigenvalue weighted by Crippen LogP contribution is -2.17. The first-order valence-electron chi connectivity index (χ1n) is 6.09. The fraction of sp³-hybridized carbons (Fsp3) is 0.357. The van der Waals surface area contributed by atoms with Crippen molar-refractivity contribution < 1.29 is 0 Å². The lowest BCUT2D eigenvalue weighted by Gasteiger charge is -2.06. The maximum atomic E-state index is 4.35. The third-order valence-electron chi connectivity index (χ3n) is 2.88. The van der Waals surface area contributed by atoms with Crippen molar-refractivity contribution in [2.75, 3.05) is 6.54 Å². The van der Waals surface area contributed by atoms with Crippen LogP contribution in [-0.2, 0) is 20.0 Å². The second kappa shape index (κ2) is 6.16. The molecule has 0 unspecified atom stereocenters. The molecule has 2 aromatic rings. The lowest BCUT2D eigenvalue weighted by molar-refractivity contribution is 0.665. The highest BCUT2D eigenvalue weighted by molar-refractivity contribution is 9.10. The number of aryl methyl sites for hydroxylation is 2. The summed E-state index contributed by atoms with van der Waals surface area (Å²) in [5, 5.41) is 7.79. The van der Waals surface area contributed by atoms with Crippen LogP contribution in [0.25, 0.3) is 0 Å². The Labute approximate surface area is 116 Å². The van der Waals surface area contributed by atoms with E-state index in [-0.39, 0.29) is 0 Å². The van der Waals surface area contributed by atoms with Crippen molar-refractivity contribution >= 4 is 15.9 Å². The Morgan fingerprint density at radius 3 is 2.83 bits per heavy atom. The van der Waals surface area contributed by atoms with E-state index in [1.165, 1.54) is 15.6 Å². The molecule has 1 aromatic carbocycles. The summed E-state index contributed by atoms with van der Waals surface area (Å²) in [5.41, 5.74) is 3.73. The highest BCUT2D eigenvalue weighted by Gasteiger charge is 1.99. The second-order valence-corrected chi connectivity index (χ2v) is 5.35. The van der Waals surface area contributed by atoms with Gasteiger partial charge in [0.25, 0.3) is 0 Å². The molecule has 3 nitrogen and oxygen atoms in total. The van der Waals surface area contributed by atoms with E-state index in [2.05, 4.69) is 57.5 Å². The number of hydrogen-bond acceptors (Lipinski definition) is 2. The molecule has 0 spiro atoms. The van der Waals surface area contributed by atoms with Gasteiger partial charge in [-0.25, -0.2) is 0 Å². The molecule has 1 heterocycles. The van der Waals surface area contributed by atoms with E-state index in [9.17, 15) is 0 Å². The van der Waals surface area contributed by atoms with Crippen molar-refractivity contribution in [2.45, 2.75) is 19.9 Å². The first-order chi connectivity index (χ1) is 8.65. The molecule has 0 saturated heterocycles. The van der Waals surface area contributed by atoms with Crippen LogP contribution in [0.15, 0.2) is 34.9 Å². The summed E-state index contributed by atoms with van der Waals surface area (Å²) >= 11 is 3.51. The van der Waals surface area contributed by atoms with Gasteiger partial charge >= 0.3 is 0 Å². The average Bonchev–Trinajstić information content (AvgIpc) is 2.75. The molecule has 0 radical (unpaired) electrons. The van der Waals surface area contributed by atoms with Gasteiger partial charge in [0, 0.05) is 37.2 Å². The van der Waals surface area contributed by atoms with Gasteiger partial charge in [0.2, 0.25) is 0 Å². The highest BCUT2D eigenvalue weighted by atomic mass is 79.9. The number of halogens is 1. The average molecular weight is 308 g/mol. The molecule has 1 N–H and O–H groups in total. The molecule has 0 amide bonds. The third-order valence-corrected chi connectivity index (χ3v) is 3.77. The molecule has 0 fully saturated rings. The molecule has 0 atom stereocenters. The molecule has 0 aliphatic carbocycles. The number of aromatic nitrogens is 2. The van der Waals surface area contributed by atoms with Crippen LogP contribution in [0.3, 0.4) is 0 Å². The van der Waals surface area contributed by atoms with Gasteiger partial charge in [-0.2, -0.15) is 5.10 Å². The van der Waals surface area contributed by atoms with Crippen LogP contribution in [0.1, 0.15) is 16.8 Å². The van der Waals surface area contributed by atoms with E-state index in [0.717, 1.165) is 25.2 Å². The molecule has 2 rings (SSSR count). The van der Waals surface area contributed by atoms with Crippen molar-refractivity contribution in [3.8, 4) is 0 Å². The van der Waals surface area contributed by atoms with E-state index in [0.29, 0.717) is 0 Å². The molecule has 0 aliphatic rings. The van der Waals surface area contributed by atoms with Crippen LogP contribution in [0.4, 0.5) is 0 Å². The quantitative estimate of drug-likeness (QED) is 0.861. The maximum Gasteiger partial charge on any atom is 0.0637 e. The second-order valence-electron chi connectivity index (χ2n) is 4.49. The summed E-state index contributed by atoms with van der Waals surface area (Å²) in [6.45, 7) is 3.97. The fourth-order valence-electron chi connectivity index (χ4n) is 1.86. The molecule has 0 saturated carbocycles. The number of hydrogen-bond donors (Lipinski definition) is 1. The van der Waals surface area contributed by atoms with Gasteiger partial charge in [-0.3, -0.25) is 4.68 Å². The van der Waals surface area contributed by atoms with Crippen LogP contribution in [0, 0.1) is 6.92 Å². The maximum absolute atomic E-state index is 4.35. The highest BCUT2D eigenvalue weighted by Crippen LogP contribution is 2.16. The van der Waals surface area contributed by atoms with E-state index >= 15 is 0 Å².